The topological polar surface area (TPSA) is 75.4 Å². The van der Waals surface area contributed by atoms with E-state index in [0.29, 0.717) is 23.9 Å². The second kappa shape index (κ2) is 7.46. The number of aryl methyl sites for hydroxylation is 1. The fraction of sp³-hybridized carbons (Fsp3) is 0.471. The van der Waals surface area contributed by atoms with Crippen LogP contribution < -0.4 is 4.72 Å². The Kier molecular flexibility index (Phi) is 5.33. The van der Waals surface area contributed by atoms with Crippen LogP contribution in [0.1, 0.15) is 31.4 Å². The van der Waals surface area contributed by atoms with Crippen LogP contribution in [0.3, 0.4) is 0 Å². The van der Waals surface area contributed by atoms with Gasteiger partial charge in [0.25, 0.3) is 0 Å². The lowest BCUT2D eigenvalue weighted by Gasteiger charge is -2.32. The van der Waals surface area contributed by atoms with Crippen molar-refractivity contribution in [3.63, 3.8) is 0 Å². The number of piperidine rings is 1. The van der Waals surface area contributed by atoms with E-state index in [9.17, 15) is 8.42 Å². The highest BCUT2D eigenvalue weighted by Gasteiger charge is 2.25. The third-order valence-corrected chi connectivity index (χ3v) is 5.73. The van der Waals surface area contributed by atoms with E-state index in [4.69, 9.17) is 4.42 Å². The average Bonchev–Trinajstić information content (AvgIpc) is 3.03. The standard InChI is InChI=1S/C17H23N3O3S/c1-2-15-11-18-17(23-15)13-20-10-6-7-14(12-20)19-24(21,22)16-8-4-3-5-9-16/h3-5,8-9,11,14,19H,2,6-7,10,12-13H2,1H3/t14-/m0/s1. The summed E-state index contributed by atoms with van der Waals surface area (Å²) in [7, 11) is -3.47. The molecular formula is C17H23N3O3S. The largest absolute Gasteiger partial charge is 0.444 e. The number of hydrogen-bond acceptors (Lipinski definition) is 5. The fourth-order valence-electron chi connectivity index (χ4n) is 2.96. The van der Waals surface area contributed by atoms with Gasteiger partial charge in [0.1, 0.15) is 5.76 Å². The Bertz CT molecular complexity index is 758. The number of likely N-dealkylation sites (tertiary alicyclic amines) is 1. The zero-order valence-corrected chi connectivity index (χ0v) is 14.6. The monoisotopic (exact) mass is 349 g/mol. The molecule has 2 heterocycles. The first-order chi connectivity index (χ1) is 11.6. The summed E-state index contributed by atoms with van der Waals surface area (Å²) in [6.45, 7) is 4.23. The fourth-order valence-corrected chi connectivity index (χ4v) is 4.24. The van der Waals surface area contributed by atoms with Gasteiger partial charge in [0.05, 0.1) is 17.6 Å². The summed E-state index contributed by atoms with van der Waals surface area (Å²) >= 11 is 0. The van der Waals surface area contributed by atoms with Crippen molar-refractivity contribution in [2.45, 2.75) is 43.7 Å². The van der Waals surface area contributed by atoms with Crippen molar-refractivity contribution in [2.75, 3.05) is 13.1 Å². The Morgan fingerprint density at radius 3 is 2.83 bits per heavy atom. The van der Waals surface area contributed by atoms with E-state index >= 15 is 0 Å². The summed E-state index contributed by atoms with van der Waals surface area (Å²) in [5.41, 5.74) is 0. The quantitative estimate of drug-likeness (QED) is 0.865. The molecule has 0 radical (unpaired) electrons. The van der Waals surface area contributed by atoms with Crippen molar-refractivity contribution in [1.29, 1.82) is 0 Å². The van der Waals surface area contributed by atoms with Gasteiger partial charge in [0.15, 0.2) is 0 Å². The van der Waals surface area contributed by atoms with Gasteiger partial charge in [-0.05, 0) is 31.5 Å². The molecule has 7 heteroatoms. The predicted octanol–water partition coefficient (Wildman–Crippen LogP) is 2.18. The van der Waals surface area contributed by atoms with Gasteiger partial charge in [0, 0.05) is 19.0 Å². The normalized spacial score (nSPS) is 19.5. The van der Waals surface area contributed by atoms with E-state index < -0.39 is 10.0 Å². The highest BCUT2D eigenvalue weighted by atomic mass is 32.2. The third kappa shape index (κ3) is 4.23. The van der Waals surface area contributed by atoms with Crippen LogP contribution in [0.4, 0.5) is 0 Å². The number of benzene rings is 1. The second-order valence-electron chi connectivity index (χ2n) is 6.08. The van der Waals surface area contributed by atoms with Crippen LogP contribution in [0.2, 0.25) is 0 Å². The Hall–Kier alpha value is -1.70. The molecule has 0 bridgehead atoms. The minimum absolute atomic E-state index is 0.0930. The first-order valence-electron chi connectivity index (χ1n) is 8.30. The smallest absolute Gasteiger partial charge is 0.240 e. The summed E-state index contributed by atoms with van der Waals surface area (Å²) in [4.78, 5) is 6.78. The highest BCUT2D eigenvalue weighted by molar-refractivity contribution is 7.89. The van der Waals surface area contributed by atoms with Crippen LogP contribution >= 0.6 is 0 Å². The van der Waals surface area contributed by atoms with Gasteiger partial charge < -0.3 is 4.42 Å². The molecule has 1 aromatic heterocycles. The molecule has 0 unspecified atom stereocenters. The molecule has 1 aliphatic heterocycles. The minimum atomic E-state index is -3.47. The lowest BCUT2D eigenvalue weighted by molar-refractivity contribution is 0.178. The highest BCUT2D eigenvalue weighted by Crippen LogP contribution is 2.17. The molecule has 0 spiro atoms. The minimum Gasteiger partial charge on any atom is -0.444 e. The van der Waals surface area contributed by atoms with Crippen LogP contribution in [0.5, 0.6) is 0 Å². The molecule has 2 aromatic rings. The number of nitrogens with zero attached hydrogens (tertiary/aromatic N) is 2. The van der Waals surface area contributed by atoms with Crippen LogP contribution in [0.25, 0.3) is 0 Å². The van der Waals surface area contributed by atoms with E-state index in [-0.39, 0.29) is 6.04 Å². The maximum Gasteiger partial charge on any atom is 0.240 e. The predicted molar refractivity (Wildman–Crippen MR) is 90.9 cm³/mol. The van der Waals surface area contributed by atoms with Crippen molar-refractivity contribution >= 4 is 10.0 Å². The first-order valence-corrected chi connectivity index (χ1v) is 9.78. The molecule has 0 amide bonds. The Morgan fingerprint density at radius 1 is 1.33 bits per heavy atom. The summed E-state index contributed by atoms with van der Waals surface area (Å²) in [5.74, 6) is 1.57. The molecule has 1 N–H and O–H groups in total. The second-order valence-corrected chi connectivity index (χ2v) is 7.80. The maximum atomic E-state index is 12.4. The average molecular weight is 349 g/mol. The van der Waals surface area contributed by atoms with Crippen molar-refractivity contribution in [3.8, 4) is 0 Å². The van der Waals surface area contributed by atoms with Crippen LogP contribution in [-0.4, -0.2) is 37.4 Å². The Balaban J connectivity index is 1.61. The molecule has 24 heavy (non-hydrogen) atoms. The number of nitrogens with one attached hydrogen (secondary N) is 1. The Morgan fingerprint density at radius 2 is 2.12 bits per heavy atom. The van der Waals surface area contributed by atoms with Gasteiger partial charge in [-0.1, -0.05) is 25.1 Å². The maximum absolute atomic E-state index is 12.4. The summed E-state index contributed by atoms with van der Waals surface area (Å²) in [6, 6.07) is 8.40. The number of rotatable bonds is 6. The lowest BCUT2D eigenvalue weighted by Crippen LogP contribution is -2.47. The molecular weight excluding hydrogens is 326 g/mol. The summed E-state index contributed by atoms with van der Waals surface area (Å²) < 4.78 is 33.4. The zero-order valence-electron chi connectivity index (χ0n) is 13.8. The SMILES string of the molecule is CCc1cnc(CN2CCC[C@H](NS(=O)(=O)c3ccccc3)C2)o1. The number of hydrogen-bond donors (Lipinski definition) is 1. The van der Waals surface area contributed by atoms with Crippen molar-refractivity contribution in [3.05, 3.63) is 48.2 Å². The molecule has 1 saturated heterocycles. The van der Waals surface area contributed by atoms with Gasteiger partial charge in [-0.15, -0.1) is 0 Å². The van der Waals surface area contributed by atoms with E-state index in [2.05, 4.69) is 14.6 Å². The molecule has 1 aliphatic rings. The molecule has 6 nitrogen and oxygen atoms in total. The van der Waals surface area contributed by atoms with Crippen molar-refractivity contribution < 1.29 is 12.8 Å². The molecule has 0 saturated carbocycles. The summed E-state index contributed by atoms with van der Waals surface area (Å²) in [6.07, 6.45) is 4.37. The lowest BCUT2D eigenvalue weighted by atomic mass is 10.1. The van der Waals surface area contributed by atoms with Crippen molar-refractivity contribution in [2.24, 2.45) is 0 Å². The van der Waals surface area contributed by atoms with Gasteiger partial charge >= 0.3 is 0 Å². The van der Waals surface area contributed by atoms with Gasteiger partial charge in [-0.3, -0.25) is 4.90 Å². The third-order valence-electron chi connectivity index (χ3n) is 4.19. The van der Waals surface area contributed by atoms with E-state index in [1.54, 1.807) is 30.5 Å². The van der Waals surface area contributed by atoms with E-state index in [1.165, 1.54) is 0 Å². The van der Waals surface area contributed by atoms with Crippen LogP contribution in [-0.2, 0) is 23.0 Å². The number of aromatic nitrogens is 1. The zero-order chi connectivity index (χ0) is 17.0. The molecule has 1 aromatic carbocycles. The van der Waals surface area contributed by atoms with Gasteiger partial charge in [-0.25, -0.2) is 18.1 Å². The van der Waals surface area contributed by atoms with E-state index in [1.807, 2.05) is 13.0 Å². The molecule has 0 aliphatic carbocycles. The van der Waals surface area contributed by atoms with Gasteiger partial charge in [0.2, 0.25) is 15.9 Å². The molecule has 130 valence electrons. The molecule has 1 atom stereocenters. The van der Waals surface area contributed by atoms with Crippen LogP contribution in [0, 0.1) is 0 Å². The number of oxazole rings is 1. The van der Waals surface area contributed by atoms with Crippen LogP contribution in [0.15, 0.2) is 45.8 Å². The molecule has 1 fully saturated rings. The number of sulfonamides is 1. The van der Waals surface area contributed by atoms with Gasteiger partial charge in [-0.2, -0.15) is 0 Å². The molecule has 3 rings (SSSR count). The first kappa shape index (κ1) is 17.1. The van der Waals surface area contributed by atoms with Crippen molar-refractivity contribution in [1.82, 2.24) is 14.6 Å². The summed E-state index contributed by atoms with van der Waals surface area (Å²) in [5, 5.41) is 0. The van der Waals surface area contributed by atoms with E-state index in [0.717, 1.165) is 31.6 Å². The Labute approximate surface area is 142 Å².